The van der Waals surface area contributed by atoms with Gasteiger partial charge in [0.2, 0.25) is 6.41 Å². The van der Waals surface area contributed by atoms with E-state index in [2.05, 4.69) is 5.32 Å². The van der Waals surface area contributed by atoms with Gasteiger partial charge in [-0.3, -0.25) is 9.59 Å². The van der Waals surface area contributed by atoms with E-state index in [1.807, 2.05) is 0 Å². The molecule has 0 aromatic carbocycles. The van der Waals surface area contributed by atoms with Crippen molar-refractivity contribution >= 4 is 12.4 Å². The summed E-state index contributed by atoms with van der Waals surface area (Å²) in [7, 11) is 0. The van der Waals surface area contributed by atoms with Crippen LogP contribution in [0.1, 0.15) is 70.6 Å². The van der Waals surface area contributed by atoms with E-state index in [1.165, 1.54) is 38.5 Å². The van der Waals surface area contributed by atoms with E-state index in [-0.39, 0.29) is 0 Å². The zero-order chi connectivity index (χ0) is 13.5. The fraction of sp³-hybridized carbons (Fsp3) is 0.857. The zero-order valence-electron chi connectivity index (χ0n) is 11.3. The minimum atomic E-state index is -0.681. The fourth-order valence-corrected chi connectivity index (χ4v) is 1.98. The molecule has 1 amide bonds. The number of amides is 1. The fourth-order valence-electron chi connectivity index (χ4n) is 1.98. The first-order valence-electron chi connectivity index (χ1n) is 7.16. The molecule has 0 aromatic rings. The van der Waals surface area contributed by atoms with Crippen molar-refractivity contribution in [3.63, 3.8) is 0 Å². The summed E-state index contributed by atoms with van der Waals surface area (Å²) in [6.07, 6.45) is 12.7. The zero-order valence-corrected chi connectivity index (χ0v) is 11.3. The van der Waals surface area contributed by atoms with Gasteiger partial charge in [0.05, 0.1) is 0 Å². The van der Waals surface area contributed by atoms with Gasteiger partial charge in [-0.15, -0.1) is 0 Å². The molecule has 0 bridgehead atoms. The van der Waals surface area contributed by atoms with Crippen molar-refractivity contribution in [2.45, 2.75) is 70.6 Å². The maximum atomic E-state index is 10.3. The monoisotopic (exact) mass is 257 g/mol. The average Bonchev–Trinajstić information content (AvgIpc) is 2.34. The SMILES string of the molecule is O=CNCCCCCCCCCCCCC(=O)O. The molecule has 0 aromatic heterocycles. The van der Waals surface area contributed by atoms with E-state index in [0.29, 0.717) is 6.42 Å². The minimum Gasteiger partial charge on any atom is -0.481 e. The minimum absolute atomic E-state index is 0.314. The van der Waals surface area contributed by atoms with Gasteiger partial charge in [0.25, 0.3) is 0 Å². The Labute approximate surface area is 110 Å². The maximum Gasteiger partial charge on any atom is 0.303 e. The highest BCUT2D eigenvalue weighted by Gasteiger charge is 1.96. The summed E-state index contributed by atoms with van der Waals surface area (Å²) < 4.78 is 0. The standard InChI is InChI=1S/C14H27NO3/c16-13-15-12-10-8-6-4-2-1-3-5-7-9-11-14(17)18/h13H,1-12H2,(H,15,16)(H,17,18). The topological polar surface area (TPSA) is 66.4 Å². The Bertz CT molecular complexity index is 207. The van der Waals surface area contributed by atoms with E-state index in [4.69, 9.17) is 5.11 Å². The van der Waals surface area contributed by atoms with Gasteiger partial charge in [-0.1, -0.05) is 51.4 Å². The molecular weight excluding hydrogens is 230 g/mol. The molecule has 4 heteroatoms. The van der Waals surface area contributed by atoms with Gasteiger partial charge in [-0.05, 0) is 12.8 Å². The number of carbonyl (C=O) groups is 2. The van der Waals surface area contributed by atoms with Crippen molar-refractivity contribution in [2.75, 3.05) is 6.54 Å². The van der Waals surface area contributed by atoms with Crippen molar-refractivity contribution in [1.82, 2.24) is 5.32 Å². The molecule has 0 aliphatic heterocycles. The van der Waals surface area contributed by atoms with Crippen LogP contribution in [0.25, 0.3) is 0 Å². The molecule has 0 saturated heterocycles. The number of hydrogen-bond donors (Lipinski definition) is 2. The van der Waals surface area contributed by atoms with Crippen LogP contribution in [0.15, 0.2) is 0 Å². The second-order valence-electron chi connectivity index (χ2n) is 4.75. The summed E-state index contributed by atoms with van der Waals surface area (Å²) >= 11 is 0. The van der Waals surface area contributed by atoms with Crippen LogP contribution in [0.2, 0.25) is 0 Å². The molecule has 0 fully saturated rings. The Morgan fingerprint density at radius 1 is 0.833 bits per heavy atom. The molecule has 0 unspecified atom stereocenters. The lowest BCUT2D eigenvalue weighted by Gasteiger charge is -2.02. The molecule has 18 heavy (non-hydrogen) atoms. The van der Waals surface area contributed by atoms with Crippen LogP contribution in [-0.4, -0.2) is 24.0 Å². The first-order chi connectivity index (χ1) is 8.77. The molecule has 0 atom stereocenters. The molecule has 0 heterocycles. The highest BCUT2D eigenvalue weighted by molar-refractivity contribution is 5.66. The summed E-state index contributed by atoms with van der Waals surface area (Å²) in [4.78, 5) is 20.3. The second-order valence-corrected chi connectivity index (χ2v) is 4.75. The Balaban J connectivity index is 2.94. The Morgan fingerprint density at radius 3 is 1.72 bits per heavy atom. The van der Waals surface area contributed by atoms with Gasteiger partial charge < -0.3 is 10.4 Å². The summed E-state index contributed by atoms with van der Waals surface area (Å²) in [5.41, 5.74) is 0. The second kappa shape index (κ2) is 14.0. The lowest BCUT2D eigenvalue weighted by Crippen LogP contribution is -2.11. The van der Waals surface area contributed by atoms with Gasteiger partial charge in [0.15, 0.2) is 0 Å². The van der Waals surface area contributed by atoms with E-state index in [0.717, 1.165) is 38.6 Å². The number of carboxylic acid groups (broad SMARTS) is 1. The first-order valence-corrected chi connectivity index (χ1v) is 7.16. The van der Waals surface area contributed by atoms with Gasteiger partial charge in [0.1, 0.15) is 0 Å². The highest BCUT2D eigenvalue weighted by Crippen LogP contribution is 2.11. The number of aliphatic carboxylic acids is 1. The van der Waals surface area contributed by atoms with E-state index >= 15 is 0 Å². The van der Waals surface area contributed by atoms with Crippen molar-refractivity contribution in [3.05, 3.63) is 0 Å². The van der Waals surface area contributed by atoms with Crippen molar-refractivity contribution in [2.24, 2.45) is 0 Å². The molecule has 4 nitrogen and oxygen atoms in total. The van der Waals surface area contributed by atoms with E-state index < -0.39 is 5.97 Å². The normalized spacial score (nSPS) is 10.2. The molecule has 0 rings (SSSR count). The molecule has 0 saturated carbocycles. The van der Waals surface area contributed by atoms with E-state index in [1.54, 1.807) is 0 Å². The van der Waals surface area contributed by atoms with Crippen LogP contribution < -0.4 is 5.32 Å². The average molecular weight is 257 g/mol. The third-order valence-electron chi connectivity index (χ3n) is 3.05. The highest BCUT2D eigenvalue weighted by atomic mass is 16.4. The largest absolute Gasteiger partial charge is 0.481 e. The molecule has 0 aliphatic rings. The molecule has 106 valence electrons. The number of carbonyl (C=O) groups excluding carboxylic acids is 1. The van der Waals surface area contributed by atoms with Crippen LogP contribution in [0, 0.1) is 0 Å². The van der Waals surface area contributed by atoms with Crippen molar-refractivity contribution in [3.8, 4) is 0 Å². The maximum absolute atomic E-state index is 10.3. The van der Waals surface area contributed by atoms with E-state index in [9.17, 15) is 9.59 Å². The Morgan fingerprint density at radius 2 is 1.28 bits per heavy atom. The van der Waals surface area contributed by atoms with Crippen LogP contribution in [0.3, 0.4) is 0 Å². The number of carboxylic acids is 1. The van der Waals surface area contributed by atoms with Crippen LogP contribution in [-0.2, 0) is 9.59 Å². The van der Waals surface area contributed by atoms with Crippen molar-refractivity contribution < 1.29 is 14.7 Å². The number of hydrogen-bond acceptors (Lipinski definition) is 2. The van der Waals surface area contributed by atoms with Gasteiger partial charge in [-0.2, -0.15) is 0 Å². The summed E-state index contributed by atoms with van der Waals surface area (Å²) in [5.74, 6) is -0.681. The van der Waals surface area contributed by atoms with Gasteiger partial charge in [-0.25, -0.2) is 0 Å². The number of nitrogens with one attached hydrogen (secondary N) is 1. The molecule has 0 aliphatic carbocycles. The number of rotatable bonds is 14. The van der Waals surface area contributed by atoms with Gasteiger partial charge in [0, 0.05) is 13.0 Å². The molecule has 0 spiro atoms. The number of unbranched alkanes of at least 4 members (excludes halogenated alkanes) is 9. The van der Waals surface area contributed by atoms with Gasteiger partial charge >= 0.3 is 5.97 Å². The predicted molar refractivity (Wildman–Crippen MR) is 72.5 cm³/mol. The van der Waals surface area contributed by atoms with Crippen LogP contribution in [0.5, 0.6) is 0 Å². The summed E-state index contributed by atoms with van der Waals surface area (Å²) in [6, 6.07) is 0. The summed E-state index contributed by atoms with van der Waals surface area (Å²) in [5, 5.41) is 11.1. The molecule has 2 N–H and O–H groups in total. The quantitative estimate of drug-likeness (QED) is 0.371. The third-order valence-corrected chi connectivity index (χ3v) is 3.05. The Kier molecular flexibility index (Phi) is 13.2. The molecular formula is C14H27NO3. The Hall–Kier alpha value is -1.06. The lowest BCUT2D eigenvalue weighted by atomic mass is 10.1. The van der Waals surface area contributed by atoms with Crippen molar-refractivity contribution in [1.29, 1.82) is 0 Å². The van der Waals surface area contributed by atoms with Crippen LogP contribution in [0.4, 0.5) is 0 Å². The lowest BCUT2D eigenvalue weighted by molar-refractivity contribution is -0.137. The third kappa shape index (κ3) is 14.9. The first kappa shape index (κ1) is 16.9. The molecule has 0 radical (unpaired) electrons. The predicted octanol–water partition coefficient (Wildman–Crippen LogP) is 3.11. The summed E-state index contributed by atoms with van der Waals surface area (Å²) in [6.45, 7) is 0.799. The van der Waals surface area contributed by atoms with Crippen LogP contribution >= 0.6 is 0 Å². The smallest absolute Gasteiger partial charge is 0.303 e.